The number of carbonyl (C=O) groups is 7. The van der Waals surface area contributed by atoms with Crippen molar-refractivity contribution in [3.05, 3.63) is 89.5 Å². The fraction of sp³-hybridized carbons (Fsp3) is 0.440. The van der Waals surface area contributed by atoms with Crippen molar-refractivity contribution in [3.8, 4) is 11.5 Å². The molecular formula is C50H61N13O17. The normalized spacial score (nSPS) is 29.5. The van der Waals surface area contributed by atoms with E-state index in [-0.39, 0.29) is 41.5 Å². The first-order valence-corrected chi connectivity index (χ1v) is 25.2. The van der Waals surface area contributed by atoms with Crippen molar-refractivity contribution in [1.82, 2.24) is 47.1 Å². The molecule has 2 saturated heterocycles. The summed E-state index contributed by atoms with van der Waals surface area (Å²) >= 11 is 0. The van der Waals surface area contributed by atoms with Crippen molar-refractivity contribution in [2.24, 2.45) is 21.5 Å². The lowest BCUT2D eigenvalue weighted by Gasteiger charge is -2.46. The van der Waals surface area contributed by atoms with Crippen LogP contribution in [0, 0.1) is 0 Å². The summed E-state index contributed by atoms with van der Waals surface area (Å²) in [4.78, 5) is 112. The highest BCUT2D eigenvalue weighted by Crippen LogP contribution is 2.30. The van der Waals surface area contributed by atoms with Gasteiger partial charge in [-0.2, -0.15) is 0 Å². The van der Waals surface area contributed by atoms with Crippen LogP contribution in [0.4, 0.5) is 0 Å². The Kier molecular flexibility index (Phi) is 17.9. The monoisotopic (exact) mass is 1120 g/mol. The van der Waals surface area contributed by atoms with Crippen LogP contribution in [-0.2, 0) is 39.9 Å². The van der Waals surface area contributed by atoms with Gasteiger partial charge in [0.2, 0.25) is 41.3 Å². The first-order valence-electron chi connectivity index (χ1n) is 25.2. The number of ether oxygens (including phenoxy) is 1. The van der Waals surface area contributed by atoms with Crippen molar-refractivity contribution in [1.29, 1.82) is 0 Å². The highest BCUT2D eigenvalue weighted by Gasteiger charge is 2.52. The van der Waals surface area contributed by atoms with Crippen LogP contribution >= 0.6 is 0 Å². The first-order chi connectivity index (χ1) is 38.2. The molecule has 2 fully saturated rings. The number of aliphatic hydroxyl groups is 7. The van der Waals surface area contributed by atoms with Crippen molar-refractivity contribution in [2.75, 3.05) is 32.8 Å². The number of benzene rings is 3. The number of rotatable bonds is 13. The van der Waals surface area contributed by atoms with E-state index in [4.69, 9.17) is 20.6 Å². The Labute approximate surface area is 453 Å². The van der Waals surface area contributed by atoms with Crippen molar-refractivity contribution in [3.63, 3.8) is 0 Å². The predicted octanol–water partition coefficient (Wildman–Crippen LogP) is -7.11. The predicted molar refractivity (Wildman–Crippen MR) is 276 cm³/mol. The largest absolute Gasteiger partial charge is 0.478 e. The van der Waals surface area contributed by atoms with Gasteiger partial charge >= 0.3 is 5.97 Å². The summed E-state index contributed by atoms with van der Waals surface area (Å²) in [6.45, 7) is -2.02. The molecular weight excluding hydrogens is 1050 g/mol. The molecule has 80 heavy (non-hydrogen) atoms. The van der Waals surface area contributed by atoms with Crippen molar-refractivity contribution >= 4 is 64.4 Å². The number of aliphatic imine (C=N–C) groups is 2. The Bertz CT molecular complexity index is 3020. The molecule has 0 aliphatic carbocycles. The van der Waals surface area contributed by atoms with E-state index in [1.165, 1.54) is 36.4 Å². The third-order valence-electron chi connectivity index (χ3n) is 14.2. The molecule has 4 aromatic rings. The number of amides is 6. The summed E-state index contributed by atoms with van der Waals surface area (Å²) in [6, 6.07) is 6.45. The topological polar surface area (TPSA) is 481 Å². The van der Waals surface area contributed by atoms with Crippen molar-refractivity contribution in [2.45, 2.75) is 104 Å². The molecule has 5 unspecified atom stereocenters. The zero-order valence-electron chi connectivity index (χ0n) is 42.5. The molecule has 30 heteroatoms. The van der Waals surface area contributed by atoms with Crippen LogP contribution in [0.25, 0.3) is 22.6 Å². The highest BCUT2D eigenvalue weighted by atomic mass is 16.6. The third kappa shape index (κ3) is 12.6. The zero-order valence-corrected chi connectivity index (χ0v) is 42.5. The minimum Gasteiger partial charge on any atom is -0.478 e. The second kappa shape index (κ2) is 24.8. The minimum atomic E-state index is -2.29. The summed E-state index contributed by atoms with van der Waals surface area (Å²) in [5.41, 5.74) is 14.0. The van der Waals surface area contributed by atoms with Crippen LogP contribution in [0.1, 0.15) is 34.3 Å². The maximum Gasteiger partial charge on any atom is 0.335 e. The van der Waals surface area contributed by atoms with Gasteiger partial charge in [-0.05, 0) is 47.5 Å². The molecule has 428 valence electrons. The van der Waals surface area contributed by atoms with E-state index in [9.17, 15) is 69.6 Å². The number of carbonyl (C=O) groups excluding carboxylic acids is 6. The maximum absolute atomic E-state index is 15.0. The lowest BCUT2D eigenvalue weighted by molar-refractivity contribution is -0.260. The number of aliphatic hydroxyl groups excluding tert-OH is 7. The van der Waals surface area contributed by atoms with E-state index < -0.39 is 165 Å². The average molecular weight is 1120 g/mol. The Hall–Kier alpha value is -8.36. The van der Waals surface area contributed by atoms with Gasteiger partial charge in [0.15, 0.2) is 23.7 Å². The van der Waals surface area contributed by atoms with Gasteiger partial charge in [0, 0.05) is 17.9 Å². The molecule has 30 nitrogen and oxygen atoms in total. The Balaban J connectivity index is 1.18. The maximum atomic E-state index is 15.0. The summed E-state index contributed by atoms with van der Waals surface area (Å²) in [7, 11) is 0. The van der Waals surface area contributed by atoms with Crippen LogP contribution in [-0.4, -0.2) is 222 Å². The quantitative estimate of drug-likeness (QED) is 0.0591. The van der Waals surface area contributed by atoms with Gasteiger partial charge in [-0.1, -0.05) is 43.3 Å². The minimum absolute atomic E-state index is 0.0222. The van der Waals surface area contributed by atoms with E-state index >= 15 is 4.79 Å². The number of nitrogens with one attached hydrogen (secondary N) is 7. The van der Waals surface area contributed by atoms with Gasteiger partial charge in [-0.3, -0.25) is 38.8 Å². The Morgan fingerprint density at radius 2 is 1.39 bits per heavy atom. The van der Waals surface area contributed by atoms with E-state index in [0.717, 1.165) is 4.90 Å². The van der Waals surface area contributed by atoms with Crippen LogP contribution < -0.4 is 48.7 Å². The smallest absolute Gasteiger partial charge is 0.335 e. The molecule has 15 atom stereocenters. The fourth-order valence-electron chi connectivity index (χ4n) is 9.69. The van der Waals surface area contributed by atoms with Gasteiger partial charge < -0.3 is 104 Å². The highest BCUT2D eigenvalue weighted by molar-refractivity contribution is 5.99. The number of fused-ring (bicyclic) bond motifs is 1. The Morgan fingerprint density at radius 1 is 0.725 bits per heavy atom. The second-order valence-electron chi connectivity index (χ2n) is 19.5. The fourth-order valence-corrected chi connectivity index (χ4v) is 9.69. The molecule has 0 bridgehead atoms. The van der Waals surface area contributed by atoms with E-state index in [1.54, 1.807) is 43.3 Å². The van der Waals surface area contributed by atoms with Gasteiger partial charge in [0.05, 0.1) is 50.5 Å². The zero-order chi connectivity index (χ0) is 57.7. The number of carboxylic acids is 1. The lowest BCUT2D eigenvalue weighted by atomic mass is 9.92. The number of hydrogen-bond acceptors (Lipinski definition) is 23. The molecule has 5 heterocycles. The number of nitrogens with two attached hydrogens (primary N) is 2. The van der Waals surface area contributed by atoms with E-state index in [0.29, 0.717) is 16.7 Å². The molecule has 19 N–H and O–H groups in total. The summed E-state index contributed by atoms with van der Waals surface area (Å²) < 4.78 is 11.6. The number of nitrogens with zero attached hydrogens (tertiary/aromatic N) is 4. The number of guanidine groups is 2. The second-order valence-corrected chi connectivity index (χ2v) is 19.5. The van der Waals surface area contributed by atoms with Crippen LogP contribution in [0.2, 0.25) is 0 Å². The molecule has 0 radical (unpaired) electrons. The van der Waals surface area contributed by atoms with E-state index in [2.05, 4.69) is 52.2 Å². The van der Waals surface area contributed by atoms with Crippen LogP contribution in [0.15, 0.2) is 87.2 Å². The van der Waals surface area contributed by atoms with E-state index in [1.807, 2.05) is 0 Å². The molecule has 4 aliphatic heterocycles. The molecule has 3 aromatic carbocycles. The van der Waals surface area contributed by atoms with Gasteiger partial charge in [0.25, 0.3) is 0 Å². The van der Waals surface area contributed by atoms with Gasteiger partial charge in [-0.25, -0.2) is 9.78 Å². The molecule has 4 aliphatic rings. The number of aromatic nitrogens is 1. The standard InChI is InChI=1S/C50H61N13O17/c1-20(22-5-3-2-4-6-22)33-43(74)56-26(14-21-7-12-30-25(13-21)58-46(79-30)23-8-10-24(11-9-23)48(77)78)42(73)61-34(36(67)27-15-54-49(51)59-27)45(76)62-35(44(75)57-28(18-64)41(72)53-17-32(66)60-33)37(68)29-16-55-50(52)63(29)47-40(71)39(70)38(69)31(19-65)80-47/h2-13,20,26-29,31,33-40,47,64-65,67-71H,14-19H2,1H3,(H2,52,55)(H,53,72)(H,56,74)(H,57,75)(H,60,66)(H,61,73)(H,62,76)(H,77,78)(H3,51,54,59)/t20?,26-,27?,28+,29?,31-,33+,34+,35-,36?,37?,38-,39+,40+,47+/m1/s1. The summed E-state index contributed by atoms with van der Waals surface area (Å²) in [5.74, 6) is -9.46. The number of carboxylic acid groups (broad SMARTS) is 1. The summed E-state index contributed by atoms with van der Waals surface area (Å²) in [6.07, 6.45) is -13.7. The SMILES string of the molecule is CC(c1ccccc1)[C@@H]1NC(=O)CNC(=O)[C@H](CO)NC(=O)[C@@H](C(O)C2CN=C(N)N2[C@H]2O[C@H](CO)[C@@H](O)[C@H](O)[C@@H]2O)NC(=O)[C@H](C(O)C2CN=C(N)N2)NC(=O)[C@@H](Cc2ccc3oc(-c4ccc(C(=O)O)cc4)nc3c2)NC1=O. The van der Waals surface area contributed by atoms with Crippen molar-refractivity contribution < 1.29 is 83.6 Å². The number of hydrogen-bond donors (Lipinski definition) is 17. The third-order valence-corrected chi connectivity index (χ3v) is 14.2. The molecule has 8 rings (SSSR count). The first kappa shape index (κ1) is 57.8. The summed E-state index contributed by atoms with van der Waals surface area (Å²) in [5, 5.41) is 104. The molecule has 0 spiro atoms. The number of oxazole rings is 1. The number of aromatic carboxylic acids is 1. The van der Waals surface area contributed by atoms with Crippen LogP contribution in [0.5, 0.6) is 0 Å². The van der Waals surface area contributed by atoms with Crippen LogP contribution in [0.3, 0.4) is 0 Å². The van der Waals surface area contributed by atoms with Gasteiger partial charge in [-0.15, -0.1) is 0 Å². The van der Waals surface area contributed by atoms with Gasteiger partial charge in [0.1, 0.15) is 72.3 Å². The average Bonchev–Trinajstić information content (AvgIpc) is 4.20. The molecule has 6 amide bonds. The molecule has 0 saturated carbocycles. The Morgan fingerprint density at radius 3 is 2.05 bits per heavy atom. The lowest BCUT2D eigenvalue weighted by Crippen LogP contribution is -2.70. The molecule has 1 aromatic heterocycles.